The van der Waals surface area contributed by atoms with Crippen LogP contribution in [-0.4, -0.2) is 38.9 Å². The Labute approximate surface area is 247 Å². The van der Waals surface area contributed by atoms with E-state index in [0.29, 0.717) is 6.07 Å². The molecule has 0 fully saturated rings. The third kappa shape index (κ3) is 5.29. The Morgan fingerprint density at radius 1 is 0.667 bits per heavy atom. The van der Waals surface area contributed by atoms with Gasteiger partial charge >= 0.3 is 29.6 Å². The first-order valence-electron chi connectivity index (χ1n) is 10.8. The molecule has 5 rings (SSSR count). The molecule has 0 bridgehead atoms. The van der Waals surface area contributed by atoms with Crippen LogP contribution in [0.2, 0.25) is 0 Å². The van der Waals surface area contributed by atoms with Crippen molar-refractivity contribution in [1.29, 1.82) is 0 Å². The zero-order valence-electron chi connectivity index (χ0n) is 21.2. The van der Waals surface area contributed by atoms with E-state index in [0.717, 1.165) is 17.2 Å². The monoisotopic (exact) mass is 598 g/mol. The van der Waals surface area contributed by atoms with Crippen LogP contribution in [0.5, 0.6) is 5.75 Å². The average Bonchev–Trinajstić information content (AvgIpc) is 2.84. The Morgan fingerprint density at radius 3 is 1.51 bits per heavy atom. The van der Waals surface area contributed by atoms with Crippen molar-refractivity contribution in [3.63, 3.8) is 0 Å². The van der Waals surface area contributed by atoms with Gasteiger partial charge in [-0.15, -0.1) is 0 Å². The van der Waals surface area contributed by atoms with Gasteiger partial charge in [-0.2, -0.15) is 25.3 Å². The standard InChI is InChI=1S/C25H18O10S3.Na.H/c1-2-14-3-5-15(6-4-14)13-35-20-11-21(36(26,27)28)17-9-10-19-23(38(32,33)34)12-22(37(29,30)31)18-8-7-16(20)24(17)25(18)19;;/h2-12H,1,13H2,(H,26,27,28)(H,29,30,31)(H,32,33,34);;/q;+1;-1. The molecule has 0 atom stereocenters. The first-order valence-corrected chi connectivity index (χ1v) is 15.1. The summed E-state index contributed by atoms with van der Waals surface area (Å²) < 4.78 is 109. The molecular weight excluding hydrogens is 579 g/mol. The van der Waals surface area contributed by atoms with Gasteiger partial charge in [0.25, 0.3) is 30.4 Å². The molecule has 0 saturated heterocycles. The van der Waals surface area contributed by atoms with Gasteiger partial charge in [-0.05, 0) is 23.3 Å². The van der Waals surface area contributed by atoms with Crippen LogP contribution in [0.3, 0.4) is 0 Å². The second kappa shape index (κ2) is 10.1. The van der Waals surface area contributed by atoms with Gasteiger partial charge in [0.15, 0.2) is 0 Å². The van der Waals surface area contributed by atoms with Gasteiger partial charge in [-0.25, -0.2) is 0 Å². The number of rotatable bonds is 7. The molecule has 3 N–H and O–H groups in total. The molecule has 0 amide bonds. The molecule has 5 aromatic rings. The third-order valence-corrected chi connectivity index (χ3v) is 8.87. The fourth-order valence-corrected chi connectivity index (χ4v) is 6.74. The first-order chi connectivity index (χ1) is 17.7. The Hall–Kier alpha value is -2.59. The van der Waals surface area contributed by atoms with Crippen molar-refractivity contribution >= 4 is 68.7 Å². The second-order valence-corrected chi connectivity index (χ2v) is 12.6. The van der Waals surface area contributed by atoms with Gasteiger partial charge in [0, 0.05) is 38.4 Å². The zero-order valence-corrected chi connectivity index (χ0v) is 24.6. The molecule has 5 aromatic carbocycles. The van der Waals surface area contributed by atoms with Gasteiger partial charge in [-0.1, -0.05) is 55.1 Å². The Morgan fingerprint density at radius 2 is 1.08 bits per heavy atom. The maximum absolute atomic E-state index is 12.3. The summed E-state index contributed by atoms with van der Waals surface area (Å²) in [5.74, 6) is -0.00186. The van der Waals surface area contributed by atoms with Crippen molar-refractivity contribution in [2.45, 2.75) is 21.3 Å². The molecule has 198 valence electrons. The van der Waals surface area contributed by atoms with E-state index in [-0.39, 0.29) is 75.7 Å². The molecule has 0 aliphatic carbocycles. The predicted octanol–water partition coefficient (Wildman–Crippen LogP) is 1.66. The van der Waals surface area contributed by atoms with E-state index in [1.54, 1.807) is 30.3 Å². The minimum Gasteiger partial charge on any atom is -1.00 e. The molecule has 10 nitrogen and oxygen atoms in total. The van der Waals surface area contributed by atoms with E-state index in [1.165, 1.54) is 24.3 Å². The van der Waals surface area contributed by atoms with Gasteiger partial charge in [0.1, 0.15) is 27.0 Å². The SMILES string of the molecule is C=Cc1ccc(COc2cc(S(=O)(=O)O)c3ccc4c(S(=O)(=O)O)cc(S(=O)(=O)O)c5ccc2c3c54)cc1.[H-].[Na+]. The van der Waals surface area contributed by atoms with Crippen LogP contribution in [0.4, 0.5) is 0 Å². The quantitative estimate of drug-likeness (QED) is 0.142. The predicted molar refractivity (Wildman–Crippen MR) is 142 cm³/mol. The molecule has 0 radical (unpaired) electrons. The molecule has 0 heterocycles. The summed E-state index contributed by atoms with van der Waals surface area (Å²) >= 11 is 0. The molecule has 0 saturated carbocycles. The van der Waals surface area contributed by atoms with Crippen LogP contribution in [0.1, 0.15) is 12.6 Å². The van der Waals surface area contributed by atoms with Crippen molar-refractivity contribution in [3.8, 4) is 5.75 Å². The van der Waals surface area contributed by atoms with Crippen LogP contribution in [0.25, 0.3) is 38.4 Å². The normalized spacial score (nSPS) is 12.6. The summed E-state index contributed by atoms with van der Waals surface area (Å²) in [6.07, 6.45) is 1.66. The molecule has 39 heavy (non-hydrogen) atoms. The van der Waals surface area contributed by atoms with Crippen LogP contribution < -0.4 is 34.3 Å². The van der Waals surface area contributed by atoms with Gasteiger partial charge < -0.3 is 6.16 Å². The van der Waals surface area contributed by atoms with Crippen LogP contribution >= 0.6 is 0 Å². The Balaban J connectivity index is 0.00000220. The topological polar surface area (TPSA) is 172 Å². The van der Waals surface area contributed by atoms with E-state index >= 15 is 0 Å². The van der Waals surface area contributed by atoms with Crippen molar-refractivity contribution in [2.24, 2.45) is 0 Å². The second-order valence-electron chi connectivity index (χ2n) is 8.48. The maximum atomic E-state index is 12.3. The number of hydrogen-bond donors (Lipinski definition) is 3. The van der Waals surface area contributed by atoms with Crippen molar-refractivity contribution < 1.29 is 74.6 Å². The average molecular weight is 599 g/mol. The van der Waals surface area contributed by atoms with Gasteiger partial charge in [0.2, 0.25) is 0 Å². The number of benzene rings is 5. The molecule has 0 aliphatic heterocycles. The molecule has 14 heteroatoms. The van der Waals surface area contributed by atoms with E-state index < -0.39 is 45.0 Å². The molecular formula is C25H19NaO10S3. The van der Waals surface area contributed by atoms with Gasteiger partial charge in [-0.3, -0.25) is 13.7 Å². The number of hydrogen-bond acceptors (Lipinski definition) is 7. The van der Waals surface area contributed by atoms with E-state index in [2.05, 4.69) is 6.58 Å². The van der Waals surface area contributed by atoms with E-state index in [4.69, 9.17) is 4.74 Å². The molecule has 0 unspecified atom stereocenters. The zero-order chi connectivity index (χ0) is 27.6. The number of ether oxygens (including phenoxy) is 1. The Kier molecular flexibility index (Phi) is 7.62. The molecule has 0 spiro atoms. The summed E-state index contributed by atoms with van der Waals surface area (Å²) in [5.41, 5.74) is 1.59. The van der Waals surface area contributed by atoms with E-state index in [9.17, 15) is 38.9 Å². The van der Waals surface area contributed by atoms with E-state index in [1.807, 2.05) is 0 Å². The summed E-state index contributed by atoms with van der Waals surface area (Å²) in [4.78, 5) is -2.19. The fraction of sp³-hybridized carbons (Fsp3) is 0.0400. The summed E-state index contributed by atoms with van der Waals surface area (Å²) in [5, 5.41) is -0.0899. The third-order valence-electron chi connectivity index (χ3n) is 6.19. The maximum Gasteiger partial charge on any atom is 1.00 e. The van der Waals surface area contributed by atoms with Crippen LogP contribution in [0, 0.1) is 0 Å². The first kappa shape index (κ1) is 29.4. The van der Waals surface area contributed by atoms with Crippen molar-refractivity contribution in [1.82, 2.24) is 0 Å². The minimum atomic E-state index is -4.99. The summed E-state index contributed by atoms with van der Waals surface area (Å²) in [7, 11) is -14.8. The Bertz CT molecular complexity index is 2060. The van der Waals surface area contributed by atoms with Crippen molar-refractivity contribution in [3.05, 3.63) is 78.4 Å². The minimum absolute atomic E-state index is 0. The van der Waals surface area contributed by atoms with Crippen LogP contribution in [0.15, 0.2) is 81.9 Å². The molecule has 0 aromatic heterocycles. The smallest absolute Gasteiger partial charge is 1.00 e. The summed E-state index contributed by atoms with van der Waals surface area (Å²) in [6, 6.07) is 14.0. The fourth-order valence-electron chi connectivity index (χ4n) is 4.54. The molecule has 0 aliphatic rings. The largest absolute Gasteiger partial charge is 1.00 e. The van der Waals surface area contributed by atoms with Crippen LogP contribution in [-0.2, 0) is 37.0 Å². The summed E-state index contributed by atoms with van der Waals surface area (Å²) in [6.45, 7) is 3.67. The van der Waals surface area contributed by atoms with Crippen molar-refractivity contribution in [2.75, 3.05) is 0 Å². The van der Waals surface area contributed by atoms with Gasteiger partial charge in [0.05, 0.1) is 0 Å².